The van der Waals surface area contributed by atoms with E-state index in [1.807, 2.05) is 5.51 Å². The van der Waals surface area contributed by atoms with Gasteiger partial charge in [0.25, 0.3) is 0 Å². The van der Waals surface area contributed by atoms with Crippen LogP contribution in [-0.4, -0.2) is 35.6 Å². The number of hydrogen-bond donors (Lipinski definition) is 1. The smallest absolute Gasteiger partial charge is 0.0797 e. The van der Waals surface area contributed by atoms with Gasteiger partial charge in [0.1, 0.15) is 0 Å². The molecule has 2 heterocycles. The van der Waals surface area contributed by atoms with Crippen molar-refractivity contribution < 1.29 is 0 Å². The summed E-state index contributed by atoms with van der Waals surface area (Å²) >= 11 is 1.76. The predicted octanol–water partition coefficient (Wildman–Crippen LogP) is 1.87. The van der Waals surface area contributed by atoms with Crippen LogP contribution in [0.2, 0.25) is 0 Å². The molecule has 0 saturated carbocycles. The Hall–Kier alpha value is 0.130. The van der Waals surface area contributed by atoms with Crippen molar-refractivity contribution in [3.8, 4) is 0 Å². The van der Waals surface area contributed by atoms with Crippen LogP contribution in [0, 0.1) is 6.92 Å². The first-order chi connectivity index (χ1) is 6.75. The molecule has 94 valence electrons. The van der Waals surface area contributed by atoms with Gasteiger partial charge in [-0.05, 0) is 26.3 Å². The lowest BCUT2D eigenvalue weighted by molar-refractivity contribution is 0.339. The summed E-state index contributed by atoms with van der Waals surface area (Å²) in [6.45, 7) is 5.45. The summed E-state index contributed by atoms with van der Waals surface area (Å²) in [5.74, 6) is 0. The quantitative estimate of drug-likeness (QED) is 0.921. The van der Waals surface area contributed by atoms with Crippen LogP contribution in [0.15, 0.2) is 5.51 Å². The second kappa shape index (κ2) is 7.45. The van der Waals surface area contributed by atoms with Gasteiger partial charge in [-0.2, -0.15) is 0 Å². The Balaban J connectivity index is 0.00000112. The summed E-state index contributed by atoms with van der Waals surface area (Å²) in [6, 6.07) is 0.401. The molecule has 0 aliphatic carbocycles. The van der Waals surface area contributed by atoms with Gasteiger partial charge in [0, 0.05) is 24.0 Å². The van der Waals surface area contributed by atoms with E-state index in [-0.39, 0.29) is 24.8 Å². The van der Waals surface area contributed by atoms with Crippen molar-refractivity contribution in [2.24, 2.45) is 5.73 Å². The molecule has 1 fully saturated rings. The fourth-order valence-electron chi connectivity index (χ4n) is 1.89. The molecule has 6 heteroatoms. The molecule has 0 spiro atoms. The SMILES string of the molecule is Cc1ncsc1CCN1CC[C@@H](N)C1.Cl.Cl. The Labute approximate surface area is 113 Å². The highest BCUT2D eigenvalue weighted by Gasteiger charge is 2.18. The minimum Gasteiger partial charge on any atom is -0.326 e. The topological polar surface area (TPSA) is 42.2 Å². The van der Waals surface area contributed by atoms with Crippen molar-refractivity contribution in [1.29, 1.82) is 0 Å². The highest BCUT2D eigenvalue weighted by molar-refractivity contribution is 7.09. The number of hydrogen-bond acceptors (Lipinski definition) is 4. The largest absolute Gasteiger partial charge is 0.326 e. The summed E-state index contributed by atoms with van der Waals surface area (Å²) < 4.78 is 0. The van der Waals surface area contributed by atoms with Crippen LogP contribution in [0.4, 0.5) is 0 Å². The second-order valence-corrected chi connectivity index (χ2v) is 4.90. The number of thiazole rings is 1. The zero-order valence-corrected chi connectivity index (χ0v) is 11.8. The van der Waals surface area contributed by atoms with Gasteiger partial charge in [0.2, 0.25) is 0 Å². The lowest BCUT2D eigenvalue weighted by Gasteiger charge is -2.14. The Morgan fingerprint density at radius 1 is 1.56 bits per heavy atom. The van der Waals surface area contributed by atoms with Crippen LogP contribution in [0.25, 0.3) is 0 Å². The van der Waals surface area contributed by atoms with Crippen LogP contribution in [0.3, 0.4) is 0 Å². The maximum atomic E-state index is 5.85. The molecule has 16 heavy (non-hydrogen) atoms. The van der Waals surface area contributed by atoms with Crippen LogP contribution >= 0.6 is 36.2 Å². The molecule has 1 aliphatic rings. The minimum absolute atomic E-state index is 0. The van der Waals surface area contributed by atoms with Gasteiger partial charge in [-0.3, -0.25) is 0 Å². The van der Waals surface area contributed by atoms with Crippen molar-refractivity contribution in [1.82, 2.24) is 9.88 Å². The number of nitrogens with zero attached hydrogens (tertiary/aromatic N) is 2. The van der Waals surface area contributed by atoms with E-state index < -0.39 is 0 Å². The molecule has 1 atom stereocenters. The van der Waals surface area contributed by atoms with Crippen molar-refractivity contribution >= 4 is 36.2 Å². The van der Waals surface area contributed by atoms with E-state index in [4.69, 9.17) is 5.73 Å². The van der Waals surface area contributed by atoms with Gasteiger partial charge in [-0.1, -0.05) is 0 Å². The summed E-state index contributed by atoms with van der Waals surface area (Å²) in [5.41, 5.74) is 8.98. The Morgan fingerprint density at radius 3 is 2.81 bits per heavy atom. The van der Waals surface area contributed by atoms with Crippen LogP contribution in [0.1, 0.15) is 17.0 Å². The van der Waals surface area contributed by atoms with Crippen molar-refractivity contribution in [2.75, 3.05) is 19.6 Å². The normalized spacial score (nSPS) is 20.2. The third-order valence-electron chi connectivity index (χ3n) is 2.81. The zero-order valence-electron chi connectivity index (χ0n) is 9.39. The molecule has 1 aromatic heterocycles. The zero-order chi connectivity index (χ0) is 9.97. The monoisotopic (exact) mass is 283 g/mol. The van der Waals surface area contributed by atoms with E-state index in [2.05, 4.69) is 16.8 Å². The van der Waals surface area contributed by atoms with Crippen molar-refractivity contribution in [3.63, 3.8) is 0 Å². The highest BCUT2D eigenvalue weighted by atomic mass is 35.5. The van der Waals surface area contributed by atoms with Crippen LogP contribution in [-0.2, 0) is 6.42 Å². The predicted molar refractivity (Wildman–Crippen MR) is 74.1 cm³/mol. The molecule has 2 rings (SSSR count). The Morgan fingerprint density at radius 2 is 2.31 bits per heavy atom. The van der Waals surface area contributed by atoms with E-state index in [1.54, 1.807) is 11.3 Å². The number of rotatable bonds is 3. The lowest BCUT2D eigenvalue weighted by Crippen LogP contribution is -2.28. The number of aryl methyl sites for hydroxylation is 1. The summed E-state index contributed by atoms with van der Waals surface area (Å²) in [7, 11) is 0. The third-order valence-corrected chi connectivity index (χ3v) is 3.80. The van der Waals surface area contributed by atoms with E-state index in [9.17, 15) is 0 Å². The third kappa shape index (κ3) is 4.18. The molecular formula is C10H19Cl2N3S. The van der Waals surface area contributed by atoms with E-state index in [0.717, 1.165) is 25.9 Å². The lowest BCUT2D eigenvalue weighted by atomic mass is 10.3. The van der Waals surface area contributed by atoms with Gasteiger partial charge >= 0.3 is 0 Å². The Kier molecular flexibility index (Phi) is 7.52. The van der Waals surface area contributed by atoms with E-state index in [0.29, 0.717) is 6.04 Å². The minimum atomic E-state index is 0. The second-order valence-electron chi connectivity index (χ2n) is 3.96. The maximum absolute atomic E-state index is 5.85. The molecule has 2 N–H and O–H groups in total. The van der Waals surface area contributed by atoms with Gasteiger partial charge in [-0.15, -0.1) is 36.2 Å². The fraction of sp³-hybridized carbons (Fsp3) is 0.700. The number of nitrogens with two attached hydrogens (primary N) is 1. The first-order valence-corrected chi connectivity index (χ1v) is 6.00. The number of aromatic nitrogens is 1. The van der Waals surface area contributed by atoms with Crippen LogP contribution < -0.4 is 5.73 Å². The molecule has 0 radical (unpaired) electrons. The first-order valence-electron chi connectivity index (χ1n) is 5.12. The molecule has 0 unspecified atom stereocenters. The van der Waals surface area contributed by atoms with Gasteiger partial charge in [0.15, 0.2) is 0 Å². The summed E-state index contributed by atoms with van der Waals surface area (Å²) in [6.07, 6.45) is 2.28. The van der Waals surface area contributed by atoms with E-state index >= 15 is 0 Å². The molecule has 3 nitrogen and oxygen atoms in total. The molecule has 0 amide bonds. The van der Waals surface area contributed by atoms with Crippen LogP contribution in [0.5, 0.6) is 0 Å². The average Bonchev–Trinajstić information content (AvgIpc) is 2.72. The van der Waals surface area contributed by atoms with Gasteiger partial charge < -0.3 is 10.6 Å². The van der Waals surface area contributed by atoms with Gasteiger partial charge in [-0.25, -0.2) is 4.98 Å². The fourth-order valence-corrected chi connectivity index (χ4v) is 2.66. The molecule has 0 bridgehead atoms. The summed E-state index contributed by atoms with van der Waals surface area (Å²) in [5, 5.41) is 0. The number of likely N-dealkylation sites (tertiary alicyclic amines) is 1. The van der Waals surface area contributed by atoms with Gasteiger partial charge in [0.05, 0.1) is 11.2 Å². The first kappa shape index (κ1) is 16.1. The molecular weight excluding hydrogens is 265 g/mol. The number of halogens is 2. The summed E-state index contributed by atoms with van der Waals surface area (Å²) in [4.78, 5) is 8.12. The molecule has 1 aromatic rings. The average molecular weight is 284 g/mol. The van der Waals surface area contributed by atoms with Crippen molar-refractivity contribution in [2.45, 2.75) is 25.8 Å². The highest BCUT2D eigenvalue weighted by Crippen LogP contribution is 2.14. The molecule has 1 saturated heterocycles. The maximum Gasteiger partial charge on any atom is 0.0797 e. The molecule has 0 aromatic carbocycles. The standard InChI is InChI=1S/C10H17N3S.2ClH/c1-8-10(14-7-12-8)3-5-13-4-2-9(11)6-13;;/h7,9H,2-6,11H2,1H3;2*1H/t9-;;/m1../s1. The van der Waals surface area contributed by atoms with Crippen molar-refractivity contribution in [3.05, 3.63) is 16.1 Å². The van der Waals surface area contributed by atoms with E-state index in [1.165, 1.54) is 17.1 Å². The Bertz CT molecular complexity index is 306. The molecule has 1 aliphatic heterocycles.